The lowest BCUT2D eigenvalue weighted by molar-refractivity contribution is -0.115. The fourth-order valence-electron chi connectivity index (χ4n) is 3.12. The molecule has 0 aliphatic heterocycles. The lowest BCUT2D eigenvalue weighted by Crippen LogP contribution is -2.11. The number of benzene rings is 2. The maximum absolute atomic E-state index is 12.4. The summed E-state index contributed by atoms with van der Waals surface area (Å²) in [4.78, 5) is 37.8. The summed E-state index contributed by atoms with van der Waals surface area (Å²) >= 11 is 2.85. The molecule has 0 aliphatic carbocycles. The minimum atomic E-state index is -0.370. The molecule has 9 heteroatoms. The van der Waals surface area contributed by atoms with Gasteiger partial charge in [-0.15, -0.1) is 11.8 Å². The summed E-state index contributed by atoms with van der Waals surface area (Å²) in [5.74, 6) is 0.779. The normalized spacial score (nSPS) is 10.8. The van der Waals surface area contributed by atoms with Gasteiger partial charge in [0.15, 0.2) is 5.13 Å². The van der Waals surface area contributed by atoms with Crippen molar-refractivity contribution in [3.05, 3.63) is 66.0 Å². The first-order chi connectivity index (χ1) is 16.0. The number of rotatable bonds is 8. The van der Waals surface area contributed by atoms with E-state index in [0.717, 1.165) is 26.5 Å². The zero-order valence-corrected chi connectivity index (χ0v) is 19.8. The van der Waals surface area contributed by atoms with E-state index in [1.165, 1.54) is 23.1 Å². The predicted molar refractivity (Wildman–Crippen MR) is 132 cm³/mol. The van der Waals surface area contributed by atoms with Gasteiger partial charge in [0.25, 0.3) is 0 Å². The topological polar surface area (TPSA) is 94.1 Å². The summed E-state index contributed by atoms with van der Waals surface area (Å²) in [6.45, 7) is 3.95. The Morgan fingerprint density at radius 1 is 1.06 bits per heavy atom. The van der Waals surface area contributed by atoms with Gasteiger partial charge in [0, 0.05) is 17.7 Å². The van der Waals surface area contributed by atoms with Crippen LogP contribution in [0.4, 0.5) is 5.13 Å². The minimum absolute atomic E-state index is 0.124. The number of nitrogens with zero attached hydrogens (tertiary/aromatic N) is 3. The summed E-state index contributed by atoms with van der Waals surface area (Å²) in [6.07, 6.45) is 0.318. The van der Waals surface area contributed by atoms with Crippen molar-refractivity contribution in [3.63, 3.8) is 0 Å². The summed E-state index contributed by atoms with van der Waals surface area (Å²) in [6, 6.07) is 17.1. The molecule has 7 nitrogen and oxygen atoms in total. The van der Waals surface area contributed by atoms with Crippen LogP contribution in [0.5, 0.6) is 0 Å². The van der Waals surface area contributed by atoms with E-state index < -0.39 is 0 Å². The van der Waals surface area contributed by atoms with Gasteiger partial charge in [0.05, 0.1) is 28.1 Å². The number of thiazole rings is 1. The number of hydrogen-bond donors (Lipinski definition) is 1. The molecule has 2 aromatic heterocycles. The number of esters is 1. The predicted octanol–water partition coefficient (Wildman–Crippen LogP) is 5.36. The fraction of sp³-hybridized carbons (Fsp3) is 0.208. The third-order valence-electron chi connectivity index (χ3n) is 4.61. The molecule has 2 aromatic carbocycles. The van der Waals surface area contributed by atoms with Crippen LogP contribution in [0.1, 0.15) is 29.5 Å². The second-order valence-electron chi connectivity index (χ2n) is 7.07. The van der Waals surface area contributed by atoms with Gasteiger partial charge >= 0.3 is 5.97 Å². The first-order valence-electron chi connectivity index (χ1n) is 10.4. The Hall–Kier alpha value is -3.30. The Morgan fingerprint density at radius 3 is 2.67 bits per heavy atom. The number of aryl methyl sites for hydroxylation is 1. The van der Waals surface area contributed by atoms with E-state index in [1.807, 2.05) is 43.3 Å². The molecule has 0 unspecified atom stereocenters. The average Bonchev–Trinajstić information content (AvgIpc) is 3.20. The third kappa shape index (κ3) is 5.94. The van der Waals surface area contributed by atoms with E-state index in [4.69, 9.17) is 4.74 Å². The summed E-state index contributed by atoms with van der Waals surface area (Å²) in [5.41, 5.74) is 3.09. The van der Waals surface area contributed by atoms with Crippen molar-refractivity contribution in [3.8, 4) is 11.3 Å². The Balaban J connectivity index is 1.35. The van der Waals surface area contributed by atoms with Crippen LogP contribution in [0, 0.1) is 6.92 Å². The smallest absolute Gasteiger partial charge is 0.338 e. The van der Waals surface area contributed by atoms with Crippen molar-refractivity contribution in [1.29, 1.82) is 0 Å². The monoisotopic (exact) mass is 478 g/mol. The number of aromatic nitrogens is 3. The Bertz CT molecular complexity index is 1290. The second kappa shape index (κ2) is 10.5. The molecule has 0 saturated carbocycles. The highest BCUT2D eigenvalue weighted by molar-refractivity contribution is 7.99. The van der Waals surface area contributed by atoms with E-state index >= 15 is 0 Å². The number of amides is 1. The van der Waals surface area contributed by atoms with Crippen molar-refractivity contribution in [1.82, 2.24) is 15.0 Å². The molecule has 168 valence electrons. The molecule has 0 aliphatic rings. The van der Waals surface area contributed by atoms with Gasteiger partial charge in [0.2, 0.25) is 5.91 Å². The lowest BCUT2D eigenvalue weighted by Gasteiger charge is -2.06. The molecule has 0 spiro atoms. The molecule has 0 atom stereocenters. The van der Waals surface area contributed by atoms with Crippen LogP contribution in [0.15, 0.2) is 59.6 Å². The highest BCUT2D eigenvalue weighted by atomic mass is 32.2. The molecule has 0 fully saturated rings. The SMILES string of the molecule is CCOC(=O)c1ccc2nc(NC(=O)CCSc3cc(-c4ccccc4)nc(C)n3)sc2c1. The molecule has 2 heterocycles. The largest absolute Gasteiger partial charge is 0.462 e. The zero-order chi connectivity index (χ0) is 23.2. The molecule has 4 aromatic rings. The molecular weight excluding hydrogens is 456 g/mol. The standard InChI is InChI=1S/C24H22N4O3S2/c1-3-31-23(30)17-9-10-18-20(13-17)33-24(27-18)28-21(29)11-12-32-22-14-19(25-15(2)26-22)16-7-5-4-6-8-16/h4-10,13-14H,3,11-12H2,1-2H3,(H,27,28,29). The number of carbonyl (C=O) groups excluding carboxylic acids is 2. The number of anilines is 1. The lowest BCUT2D eigenvalue weighted by atomic mass is 10.1. The van der Waals surface area contributed by atoms with Gasteiger partial charge in [-0.2, -0.15) is 0 Å². The van der Waals surface area contributed by atoms with Crippen LogP contribution in [0.2, 0.25) is 0 Å². The number of hydrogen-bond acceptors (Lipinski definition) is 8. The zero-order valence-electron chi connectivity index (χ0n) is 18.2. The number of thioether (sulfide) groups is 1. The fourth-order valence-corrected chi connectivity index (χ4v) is 4.93. The molecule has 4 rings (SSSR count). The molecule has 0 radical (unpaired) electrons. The maximum atomic E-state index is 12.4. The van der Waals surface area contributed by atoms with Crippen LogP contribution in [0.3, 0.4) is 0 Å². The van der Waals surface area contributed by atoms with Crippen molar-refractivity contribution >= 4 is 50.3 Å². The number of fused-ring (bicyclic) bond motifs is 1. The first-order valence-corrected chi connectivity index (χ1v) is 12.2. The van der Waals surface area contributed by atoms with Crippen molar-refractivity contribution in [2.45, 2.75) is 25.3 Å². The Labute approximate surface area is 199 Å². The van der Waals surface area contributed by atoms with Gasteiger partial charge in [-0.05, 0) is 38.1 Å². The van der Waals surface area contributed by atoms with Crippen LogP contribution in [-0.4, -0.2) is 39.2 Å². The van der Waals surface area contributed by atoms with E-state index in [1.54, 1.807) is 25.1 Å². The van der Waals surface area contributed by atoms with Gasteiger partial charge in [-0.25, -0.2) is 19.7 Å². The molecule has 0 bridgehead atoms. The molecule has 0 saturated heterocycles. The molecule has 1 amide bonds. The van der Waals surface area contributed by atoms with Crippen LogP contribution >= 0.6 is 23.1 Å². The van der Waals surface area contributed by atoms with E-state index in [0.29, 0.717) is 35.3 Å². The van der Waals surface area contributed by atoms with Crippen molar-refractivity contribution in [2.75, 3.05) is 17.7 Å². The van der Waals surface area contributed by atoms with Gasteiger partial charge in [0.1, 0.15) is 10.9 Å². The summed E-state index contributed by atoms with van der Waals surface area (Å²) in [7, 11) is 0. The first kappa shape index (κ1) is 22.9. The molecule has 1 N–H and O–H groups in total. The number of carbonyl (C=O) groups is 2. The van der Waals surface area contributed by atoms with Crippen molar-refractivity contribution < 1.29 is 14.3 Å². The van der Waals surface area contributed by atoms with Crippen molar-refractivity contribution in [2.24, 2.45) is 0 Å². The number of nitrogens with one attached hydrogen (secondary N) is 1. The second-order valence-corrected chi connectivity index (χ2v) is 9.22. The Morgan fingerprint density at radius 2 is 1.88 bits per heavy atom. The van der Waals surface area contributed by atoms with E-state index in [-0.39, 0.29) is 11.9 Å². The average molecular weight is 479 g/mol. The summed E-state index contributed by atoms with van der Waals surface area (Å²) in [5, 5.41) is 4.19. The minimum Gasteiger partial charge on any atom is -0.462 e. The molecular formula is C24H22N4O3S2. The highest BCUT2D eigenvalue weighted by Crippen LogP contribution is 2.28. The van der Waals surface area contributed by atoms with Gasteiger partial charge in [-0.3, -0.25) is 4.79 Å². The quantitative estimate of drug-likeness (QED) is 0.207. The van der Waals surface area contributed by atoms with Gasteiger partial charge in [-0.1, -0.05) is 41.7 Å². The maximum Gasteiger partial charge on any atom is 0.338 e. The van der Waals surface area contributed by atoms with Crippen LogP contribution < -0.4 is 5.32 Å². The van der Waals surface area contributed by atoms with E-state index in [9.17, 15) is 9.59 Å². The third-order valence-corrected chi connectivity index (χ3v) is 6.46. The highest BCUT2D eigenvalue weighted by Gasteiger charge is 2.12. The Kier molecular flexibility index (Phi) is 7.31. The summed E-state index contributed by atoms with van der Waals surface area (Å²) < 4.78 is 5.85. The molecule has 33 heavy (non-hydrogen) atoms. The van der Waals surface area contributed by atoms with Crippen LogP contribution in [-0.2, 0) is 9.53 Å². The van der Waals surface area contributed by atoms with Crippen LogP contribution in [0.25, 0.3) is 21.5 Å². The van der Waals surface area contributed by atoms with E-state index in [2.05, 4.69) is 20.3 Å². The number of ether oxygens (including phenoxy) is 1. The van der Waals surface area contributed by atoms with Gasteiger partial charge < -0.3 is 10.1 Å².